The van der Waals surface area contributed by atoms with Crippen molar-refractivity contribution < 1.29 is 17.9 Å². The summed E-state index contributed by atoms with van der Waals surface area (Å²) in [6, 6.07) is 12.2. The van der Waals surface area contributed by atoms with Crippen LogP contribution in [0.5, 0.6) is 5.75 Å². The van der Waals surface area contributed by atoms with Gasteiger partial charge < -0.3 is 10.1 Å². The second kappa shape index (κ2) is 7.70. The Hall–Kier alpha value is -2.34. The molecule has 2 aromatic carbocycles. The van der Waals surface area contributed by atoms with E-state index >= 15 is 0 Å². The molecule has 25 heavy (non-hydrogen) atoms. The Morgan fingerprint density at radius 1 is 1.16 bits per heavy atom. The van der Waals surface area contributed by atoms with Crippen LogP contribution in [0.3, 0.4) is 0 Å². The van der Waals surface area contributed by atoms with Gasteiger partial charge in [-0.1, -0.05) is 29.8 Å². The molecule has 1 atom stereocenters. The summed E-state index contributed by atoms with van der Waals surface area (Å²) in [4.78, 5) is 12.4. The van der Waals surface area contributed by atoms with Gasteiger partial charge in [0, 0.05) is 17.4 Å². The summed E-state index contributed by atoms with van der Waals surface area (Å²) in [6.07, 6.45) is 1.19. The van der Waals surface area contributed by atoms with E-state index in [1.165, 1.54) is 6.26 Å². The zero-order valence-electron chi connectivity index (χ0n) is 14.9. The number of benzene rings is 2. The van der Waals surface area contributed by atoms with Crippen molar-refractivity contribution >= 4 is 15.7 Å². The summed E-state index contributed by atoms with van der Waals surface area (Å²) in [5.41, 5.74) is 3.13. The van der Waals surface area contributed by atoms with Gasteiger partial charge in [0.1, 0.15) is 5.75 Å². The minimum Gasteiger partial charge on any atom is -0.496 e. The lowest BCUT2D eigenvalue weighted by Crippen LogP contribution is -2.27. The maximum absolute atomic E-state index is 12.4. The van der Waals surface area contributed by atoms with E-state index in [1.807, 2.05) is 32.0 Å². The van der Waals surface area contributed by atoms with Crippen LogP contribution in [0.2, 0.25) is 0 Å². The van der Waals surface area contributed by atoms with Crippen molar-refractivity contribution in [1.29, 1.82) is 0 Å². The smallest absolute Gasteiger partial charge is 0.251 e. The number of sulfone groups is 1. The van der Waals surface area contributed by atoms with E-state index in [2.05, 4.69) is 5.32 Å². The molecular weight excluding hydrogens is 338 g/mol. The molecule has 0 radical (unpaired) electrons. The third-order valence-corrected chi connectivity index (χ3v) is 4.70. The van der Waals surface area contributed by atoms with Gasteiger partial charge in [0.15, 0.2) is 9.84 Å². The first kappa shape index (κ1) is 19.0. The van der Waals surface area contributed by atoms with Crippen molar-refractivity contribution in [3.05, 3.63) is 64.7 Å². The fraction of sp³-hybridized carbons (Fsp3) is 0.316. The Morgan fingerprint density at radius 3 is 2.36 bits per heavy atom. The zero-order valence-corrected chi connectivity index (χ0v) is 15.7. The van der Waals surface area contributed by atoms with Crippen molar-refractivity contribution in [1.82, 2.24) is 5.32 Å². The van der Waals surface area contributed by atoms with Gasteiger partial charge in [0.05, 0.1) is 18.9 Å². The van der Waals surface area contributed by atoms with E-state index in [0.29, 0.717) is 11.1 Å². The minimum absolute atomic E-state index is 0.0359. The molecule has 0 saturated carbocycles. The van der Waals surface area contributed by atoms with E-state index in [-0.39, 0.29) is 17.7 Å². The summed E-state index contributed by atoms with van der Waals surface area (Å²) in [6.45, 7) is 3.88. The maximum Gasteiger partial charge on any atom is 0.251 e. The van der Waals surface area contributed by atoms with E-state index < -0.39 is 9.84 Å². The van der Waals surface area contributed by atoms with Crippen LogP contribution in [0.4, 0.5) is 0 Å². The predicted octanol–water partition coefficient (Wildman–Crippen LogP) is 3.04. The van der Waals surface area contributed by atoms with Crippen molar-refractivity contribution in [3.8, 4) is 5.75 Å². The third-order valence-electron chi connectivity index (χ3n) is 3.84. The molecule has 0 spiro atoms. The van der Waals surface area contributed by atoms with Gasteiger partial charge in [0.25, 0.3) is 5.91 Å². The van der Waals surface area contributed by atoms with Crippen LogP contribution in [0.1, 0.15) is 40.0 Å². The molecule has 0 saturated heterocycles. The molecule has 134 valence electrons. The first-order chi connectivity index (χ1) is 11.7. The van der Waals surface area contributed by atoms with Crippen LogP contribution in [0.25, 0.3) is 0 Å². The van der Waals surface area contributed by atoms with Crippen LogP contribution in [0.15, 0.2) is 42.5 Å². The topological polar surface area (TPSA) is 72.5 Å². The Morgan fingerprint density at radius 2 is 1.80 bits per heavy atom. The van der Waals surface area contributed by atoms with Crippen molar-refractivity contribution in [2.24, 2.45) is 0 Å². The fourth-order valence-corrected chi connectivity index (χ4v) is 3.40. The lowest BCUT2D eigenvalue weighted by atomic mass is 10.0. The summed E-state index contributed by atoms with van der Waals surface area (Å²) in [5, 5.41) is 2.94. The highest BCUT2D eigenvalue weighted by atomic mass is 32.2. The molecule has 2 rings (SSSR count). The van der Waals surface area contributed by atoms with E-state index in [1.54, 1.807) is 31.4 Å². The number of aryl methyl sites for hydroxylation is 1. The number of methoxy groups -OCH3 is 1. The third kappa shape index (κ3) is 5.32. The number of rotatable bonds is 6. The largest absolute Gasteiger partial charge is 0.496 e. The van der Waals surface area contributed by atoms with Gasteiger partial charge in [-0.3, -0.25) is 4.79 Å². The van der Waals surface area contributed by atoms with Crippen molar-refractivity contribution in [2.45, 2.75) is 25.6 Å². The Kier molecular flexibility index (Phi) is 5.85. The number of hydrogen-bond donors (Lipinski definition) is 1. The molecule has 5 nitrogen and oxygen atoms in total. The molecule has 0 aliphatic carbocycles. The summed E-state index contributed by atoms with van der Waals surface area (Å²) >= 11 is 0. The lowest BCUT2D eigenvalue weighted by molar-refractivity contribution is 0.0939. The number of hydrogen-bond acceptors (Lipinski definition) is 4. The molecule has 1 N–H and O–H groups in total. The predicted molar refractivity (Wildman–Crippen MR) is 98.6 cm³/mol. The number of ether oxygens (including phenoxy) is 1. The van der Waals surface area contributed by atoms with Crippen LogP contribution < -0.4 is 10.1 Å². The van der Waals surface area contributed by atoms with Crippen molar-refractivity contribution in [2.75, 3.05) is 13.4 Å². The van der Waals surface area contributed by atoms with E-state index in [4.69, 9.17) is 4.74 Å². The summed E-state index contributed by atoms with van der Waals surface area (Å²) in [7, 11) is -1.49. The second-order valence-electron chi connectivity index (χ2n) is 6.21. The molecular formula is C19H23NO4S. The van der Waals surface area contributed by atoms with E-state index in [0.717, 1.165) is 16.9 Å². The number of nitrogens with one attached hydrogen (secondary N) is 1. The first-order valence-electron chi connectivity index (χ1n) is 7.91. The van der Waals surface area contributed by atoms with Crippen LogP contribution in [-0.2, 0) is 15.6 Å². The Balaban J connectivity index is 2.12. The minimum atomic E-state index is -3.09. The van der Waals surface area contributed by atoms with Gasteiger partial charge >= 0.3 is 0 Å². The monoisotopic (exact) mass is 361 g/mol. The average Bonchev–Trinajstić information content (AvgIpc) is 2.53. The normalized spacial score (nSPS) is 12.5. The molecule has 0 aliphatic rings. The summed E-state index contributed by atoms with van der Waals surface area (Å²) in [5.74, 6) is 0.468. The van der Waals surface area contributed by atoms with Gasteiger partial charge in [-0.25, -0.2) is 8.42 Å². The first-order valence-corrected chi connectivity index (χ1v) is 9.97. The van der Waals surface area contributed by atoms with Gasteiger partial charge in [-0.2, -0.15) is 0 Å². The summed E-state index contributed by atoms with van der Waals surface area (Å²) < 4.78 is 28.0. The average molecular weight is 361 g/mol. The zero-order chi connectivity index (χ0) is 18.6. The fourth-order valence-electron chi connectivity index (χ4n) is 2.60. The molecule has 0 aliphatic heterocycles. The maximum atomic E-state index is 12.4. The van der Waals surface area contributed by atoms with Crippen LogP contribution in [-0.4, -0.2) is 27.7 Å². The molecule has 0 aromatic heterocycles. The molecule has 0 bridgehead atoms. The quantitative estimate of drug-likeness (QED) is 0.858. The van der Waals surface area contributed by atoms with Crippen LogP contribution >= 0.6 is 0 Å². The van der Waals surface area contributed by atoms with E-state index in [9.17, 15) is 13.2 Å². The highest BCUT2D eigenvalue weighted by Gasteiger charge is 2.15. The highest BCUT2D eigenvalue weighted by Crippen LogP contribution is 2.26. The molecule has 1 amide bonds. The van der Waals surface area contributed by atoms with Crippen molar-refractivity contribution in [3.63, 3.8) is 0 Å². The molecule has 0 unspecified atom stereocenters. The number of amides is 1. The highest BCUT2D eigenvalue weighted by molar-refractivity contribution is 7.89. The SMILES string of the molecule is COc1ccc(C)cc1[C@H](C)NC(=O)c1ccc(CS(C)(=O)=O)cc1. The van der Waals surface area contributed by atoms with Gasteiger partial charge in [-0.15, -0.1) is 0 Å². The Labute approximate surface area is 148 Å². The second-order valence-corrected chi connectivity index (χ2v) is 8.35. The van der Waals surface area contributed by atoms with Gasteiger partial charge in [-0.05, 0) is 37.6 Å². The lowest BCUT2D eigenvalue weighted by Gasteiger charge is -2.18. The Bertz CT molecular complexity index is 857. The molecule has 0 heterocycles. The number of carbonyl (C=O) groups excluding carboxylic acids is 1. The molecule has 2 aromatic rings. The van der Waals surface area contributed by atoms with Gasteiger partial charge in [0.2, 0.25) is 0 Å². The van der Waals surface area contributed by atoms with Crippen LogP contribution in [0, 0.1) is 6.92 Å². The molecule has 0 fully saturated rings. The molecule has 6 heteroatoms. The standard InChI is InChI=1S/C19H23NO4S/c1-13-5-10-18(24-3)17(11-13)14(2)20-19(21)16-8-6-15(7-9-16)12-25(4,22)23/h5-11,14H,12H2,1-4H3,(H,20,21)/t14-/m0/s1. The number of carbonyl (C=O) groups is 1.